The number of esters is 1. The molecular formula is C25H20ClNO4. The van der Waals surface area contributed by atoms with E-state index in [9.17, 15) is 4.79 Å². The van der Waals surface area contributed by atoms with E-state index in [4.69, 9.17) is 25.8 Å². The summed E-state index contributed by atoms with van der Waals surface area (Å²) in [6.07, 6.45) is 2.43. The van der Waals surface area contributed by atoms with E-state index in [1.165, 1.54) is 5.56 Å². The number of hydrogen-bond donors (Lipinski definition) is 0. The molecule has 0 bridgehead atoms. The van der Waals surface area contributed by atoms with Gasteiger partial charge in [-0.05, 0) is 41.5 Å². The first kappa shape index (κ1) is 20.7. The Hall–Kier alpha value is -3.57. The second kappa shape index (κ2) is 9.49. The molecule has 0 amide bonds. The van der Waals surface area contributed by atoms with Crippen molar-refractivity contribution in [2.24, 2.45) is 4.99 Å². The smallest absolute Gasteiger partial charge is 0.363 e. The SMILES string of the molecule is COc1cc(/C=C2\N=C(c3ccccc3Cl)OC2=O)ccc1OCCc1ccccc1. The van der Waals surface area contributed by atoms with Crippen molar-refractivity contribution in [2.45, 2.75) is 6.42 Å². The van der Waals surface area contributed by atoms with Crippen LogP contribution in [0.5, 0.6) is 11.5 Å². The van der Waals surface area contributed by atoms with E-state index in [2.05, 4.69) is 17.1 Å². The zero-order valence-electron chi connectivity index (χ0n) is 16.9. The van der Waals surface area contributed by atoms with Gasteiger partial charge in [0.2, 0.25) is 5.90 Å². The molecule has 3 aromatic rings. The Morgan fingerprint density at radius 3 is 2.55 bits per heavy atom. The predicted octanol–water partition coefficient (Wildman–Crippen LogP) is 5.31. The number of hydrogen-bond acceptors (Lipinski definition) is 5. The Kier molecular flexibility index (Phi) is 6.34. The lowest BCUT2D eigenvalue weighted by atomic mass is 10.1. The van der Waals surface area contributed by atoms with Crippen molar-refractivity contribution in [3.05, 3.63) is 100 Å². The molecule has 0 unspecified atom stereocenters. The van der Waals surface area contributed by atoms with Gasteiger partial charge in [-0.15, -0.1) is 0 Å². The maximum atomic E-state index is 12.3. The fourth-order valence-electron chi connectivity index (χ4n) is 3.13. The molecule has 0 N–H and O–H groups in total. The second-order valence-corrected chi connectivity index (χ2v) is 7.22. The molecule has 0 radical (unpaired) electrons. The molecule has 0 saturated heterocycles. The average Bonchev–Trinajstić information content (AvgIpc) is 3.15. The molecule has 156 valence electrons. The fraction of sp³-hybridized carbons (Fsp3) is 0.120. The Morgan fingerprint density at radius 2 is 1.77 bits per heavy atom. The molecule has 0 aromatic heterocycles. The average molecular weight is 434 g/mol. The summed E-state index contributed by atoms with van der Waals surface area (Å²) in [5.74, 6) is 0.866. The molecule has 0 atom stereocenters. The summed E-state index contributed by atoms with van der Waals surface area (Å²) < 4.78 is 16.6. The van der Waals surface area contributed by atoms with E-state index in [1.54, 1.807) is 43.5 Å². The third kappa shape index (κ3) is 4.95. The van der Waals surface area contributed by atoms with E-state index in [1.807, 2.05) is 30.3 Å². The highest BCUT2D eigenvalue weighted by molar-refractivity contribution is 6.34. The standard InChI is InChI=1S/C25H20ClNO4/c1-29-23-16-18(11-12-22(23)30-14-13-17-7-3-2-4-8-17)15-21-25(28)31-24(27-21)19-9-5-6-10-20(19)26/h2-12,15-16H,13-14H2,1H3/b21-15-. The van der Waals surface area contributed by atoms with Crippen LogP contribution in [0.4, 0.5) is 0 Å². The zero-order chi connectivity index (χ0) is 21.6. The molecular weight excluding hydrogens is 414 g/mol. The highest BCUT2D eigenvalue weighted by atomic mass is 35.5. The summed E-state index contributed by atoms with van der Waals surface area (Å²) in [6, 6.07) is 22.6. The minimum absolute atomic E-state index is 0.190. The van der Waals surface area contributed by atoms with Crippen LogP contribution in [0.25, 0.3) is 6.08 Å². The molecule has 31 heavy (non-hydrogen) atoms. The normalized spacial score (nSPS) is 14.3. The number of benzene rings is 3. The van der Waals surface area contributed by atoms with Gasteiger partial charge in [0.1, 0.15) is 0 Å². The summed E-state index contributed by atoms with van der Waals surface area (Å²) in [6.45, 7) is 0.526. The first-order valence-corrected chi connectivity index (χ1v) is 10.1. The maximum absolute atomic E-state index is 12.3. The monoisotopic (exact) mass is 433 g/mol. The molecule has 1 aliphatic rings. The minimum atomic E-state index is -0.530. The van der Waals surface area contributed by atoms with Crippen LogP contribution < -0.4 is 9.47 Å². The molecule has 4 rings (SSSR count). The lowest BCUT2D eigenvalue weighted by Gasteiger charge is -2.11. The summed E-state index contributed by atoms with van der Waals surface area (Å²) in [7, 11) is 1.58. The van der Waals surface area contributed by atoms with Gasteiger partial charge in [0, 0.05) is 6.42 Å². The molecule has 5 nitrogen and oxygen atoms in total. The fourth-order valence-corrected chi connectivity index (χ4v) is 3.35. The van der Waals surface area contributed by atoms with E-state index in [0.717, 1.165) is 12.0 Å². The number of carbonyl (C=O) groups is 1. The highest BCUT2D eigenvalue weighted by Crippen LogP contribution is 2.30. The molecule has 0 aliphatic carbocycles. The van der Waals surface area contributed by atoms with E-state index in [-0.39, 0.29) is 11.6 Å². The van der Waals surface area contributed by atoms with E-state index < -0.39 is 5.97 Å². The quantitative estimate of drug-likeness (QED) is 0.374. The van der Waals surface area contributed by atoms with Gasteiger partial charge < -0.3 is 14.2 Å². The third-order valence-corrected chi connectivity index (χ3v) is 5.04. The molecule has 1 aliphatic heterocycles. The lowest BCUT2D eigenvalue weighted by molar-refractivity contribution is -0.129. The topological polar surface area (TPSA) is 57.1 Å². The number of halogens is 1. The maximum Gasteiger partial charge on any atom is 0.363 e. The van der Waals surface area contributed by atoms with Crippen LogP contribution in [0, 0.1) is 0 Å². The first-order chi connectivity index (χ1) is 15.1. The van der Waals surface area contributed by atoms with E-state index in [0.29, 0.717) is 28.7 Å². The van der Waals surface area contributed by atoms with Gasteiger partial charge in [-0.2, -0.15) is 0 Å². The largest absolute Gasteiger partial charge is 0.493 e. The van der Waals surface area contributed by atoms with Crippen LogP contribution in [-0.2, 0) is 16.0 Å². The third-order valence-electron chi connectivity index (χ3n) is 4.71. The zero-order valence-corrected chi connectivity index (χ0v) is 17.6. The molecule has 3 aromatic carbocycles. The van der Waals surface area contributed by atoms with Crippen LogP contribution >= 0.6 is 11.6 Å². The Labute approximate surface area is 185 Å². The first-order valence-electron chi connectivity index (χ1n) is 9.76. The van der Waals surface area contributed by atoms with Crippen molar-refractivity contribution in [3.63, 3.8) is 0 Å². The minimum Gasteiger partial charge on any atom is -0.493 e. The lowest BCUT2D eigenvalue weighted by Crippen LogP contribution is -2.05. The van der Waals surface area contributed by atoms with Gasteiger partial charge in [-0.25, -0.2) is 9.79 Å². The van der Waals surface area contributed by atoms with Crippen molar-refractivity contribution in [1.29, 1.82) is 0 Å². The van der Waals surface area contributed by atoms with Gasteiger partial charge >= 0.3 is 5.97 Å². The van der Waals surface area contributed by atoms with Crippen molar-refractivity contribution >= 4 is 29.5 Å². The van der Waals surface area contributed by atoms with E-state index >= 15 is 0 Å². The van der Waals surface area contributed by atoms with Gasteiger partial charge in [0.25, 0.3) is 0 Å². The number of methoxy groups -OCH3 is 1. The van der Waals surface area contributed by atoms with Gasteiger partial charge in [0.15, 0.2) is 17.2 Å². The van der Waals surface area contributed by atoms with Gasteiger partial charge in [-0.3, -0.25) is 0 Å². The molecule has 0 spiro atoms. The number of ether oxygens (including phenoxy) is 3. The molecule has 6 heteroatoms. The Bertz CT molecular complexity index is 1160. The highest BCUT2D eigenvalue weighted by Gasteiger charge is 2.25. The molecule has 0 saturated carbocycles. The van der Waals surface area contributed by atoms with Crippen molar-refractivity contribution < 1.29 is 19.0 Å². The van der Waals surface area contributed by atoms with Crippen LogP contribution in [0.2, 0.25) is 5.02 Å². The number of cyclic esters (lactones) is 1. The van der Waals surface area contributed by atoms with Crippen LogP contribution in [0.15, 0.2) is 83.5 Å². The van der Waals surface area contributed by atoms with Crippen molar-refractivity contribution in [1.82, 2.24) is 0 Å². The molecule has 1 heterocycles. The number of rotatable bonds is 7. The summed E-state index contributed by atoms with van der Waals surface area (Å²) in [5.41, 5.74) is 2.70. The van der Waals surface area contributed by atoms with Crippen molar-refractivity contribution in [3.8, 4) is 11.5 Å². The van der Waals surface area contributed by atoms with Gasteiger partial charge in [-0.1, -0.05) is 60.1 Å². The van der Waals surface area contributed by atoms with Crippen LogP contribution in [-0.4, -0.2) is 25.6 Å². The summed E-state index contributed by atoms with van der Waals surface area (Å²) in [4.78, 5) is 16.6. The van der Waals surface area contributed by atoms with Gasteiger partial charge in [0.05, 0.1) is 24.3 Å². The predicted molar refractivity (Wildman–Crippen MR) is 121 cm³/mol. The Morgan fingerprint density at radius 1 is 1.00 bits per heavy atom. The molecule has 0 fully saturated rings. The number of nitrogens with zero attached hydrogens (tertiary/aromatic N) is 1. The summed E-state index contributed by atoms with van der Waals surface area (Å²) in [5, 5.41) is 0.467. The second-order valence-electron chi connectivity index (χ2n) is 6.81. The van der Waals surface area contributed by atoms with Crippen LogP contribution in [0.1, 0.15) is 16.7 Å². The number of carbonyl (C=O) groups excluding carboxylic acids is 1. The van der Waals surface area contributed by atoms with Crippen LogP contribution in [0.3, 0.4) is 0 Å². The Balaban J connectivity index is 1.50. The summed E-state index contributed by atoms with van der Waals surface area (Å²) >= 11 is 6.18. The number of aliphatic imine (C=N–C) groups is 1. The van der Waals surface area contributed by atoms with Crippen molar-refractivity contribution in [2.75, 3.05) is 13.7 Å².